The molecule has 0 fully saturated rings. The molecule has 15 heavy (non-hydrogen) atoms. The maximum atomic E-state index is 6.19. The molecule has 0 saturated heterocycles. The van der Waals surface area contributed by atoms with E-state index in [2.05, 4.69) is 15.9 Å². The lowest BCUT2D eigenvalue weighted by molar-refractivity contribution is 0.418. The summed E-state index contributed by atoms with van der Waals surface area (Å²) in [5.74, 6) is 0.839. The van der Waals surface area contributed by atoms with Crippen LogP contribution < -0.4 is 4.74 Å². The molecule has 0 spiro atoms. The molecule has 0 unspecified atom stereocenters. The van der Waals surface area contributed by atoms with Gasteiger partial charge in [-0.1, -0.05) is 11.6 Å². The van der Waals surface area contributed by atoms with Gasteiger partial charge in [0.1, 0.15) is 5.75 Å². The Hall–Kier alpha value is -0.670. The highest BCUT2D eigenvalue weighted by atomic mass is 79.9. The second-order valence-corrected chi connectivity index (χ2v) is 4.61. The standard InChI is InChI=1S/C11H11BrClNO/c1-6-9-7(13)4-5-8(15-3)10(9)14(2)11(6)12/h4-5H,1-3H3. The summed E-state index contributed by atoms with van der Waals surface area (Å²) in [6, 6.07) is 3.75. The molecule has 0 aliphatic heterocycles. The zero-order chi connectivity index (χ0) is 11.2. The Morgan fingerprint density at radius 3 is 2.67 bits per heavy atom. The Balaban J connectivity index is 3.01. The molecule has 0 aliphatic rings. The van der Waals surface area contributed by atoms with Crippen molar-refractivity contribution in [3.8, 4) is 5.75 Å². The van der Waals surface area contributed by atoms with Crippen LogP contribution in [0, 0.1) is 6.92 Å². The first-order chi connectivity index (χ1) is 7.07. The fourth-order valence-electron chi connectivity index (χ4n) is 1.85. The van der Waals surface area contributed by atoms with E-state index in [9.17, 15) is 0 Å². The third-order valence-corrected chi connectivity index (χ3v) is 4.07. The van der Waals surface area contributed by atoms with Crippen LogP contribution in [-0.2, 0) is 7.05 Å². The molecule has 1 aromatic carbocycles. The third-order valence-electron chi connectivity index (χ3n) is 2.62. The van der Waals surface area contributed by atoms with Crippen molar-refractivity contribution in [2.45, 2.75) is 6.92 Å². The van der Waals surface area contributed by atoms with Crippen molar-refractivity contribution in [1.29, 1.82) is 0 Å². The van der Waals surface area contributed by atoms with Crippen LogP contribution in [0.15, 0.2) is 16.7 Å². The lowest BCUT2D eigenvalue weighted by Crippen LogP contribution is -1.91. The van der Waals surface area contributed by atoms with Crippen LogP contribution in [-0.4, -0.2) is 11.7 Å². The van der Waals surface area contributed by atoms with Crippen LogP contribution in [0.5, 0.6) is 5.75 Å². The molecule has 0 amide bonds. The zero-order valence-electron chi connectivity index (χ0n) is 8.77. The number of methoxy groups -OCH3 is 1. The number of hydrogen-bond acceptors (Lipinski definition) is 1. The van der Waals surface area contributed by atoms with Crippen molar-refractivity contribution in [2.75, 3.05) is 7.11 Å². The van der Waals surface area contributed by atoms with E-state index >= 15 is 0 Å². The number of fused-ring (bicyclic) bond motifs is 1. The fraction of sp³-hybridized carbons (Fsp3) is 0.273. The minimum Gasteiger partial charge on any atom is -0.495 e. The van der Waals surface area contributed by atoms with Gasteiger partial charge in [-0.2, -0.15) is 0 Å². The van der Waals surface area contributed by atoms with E-state index in [0.29, 0.717) is 0 Å². The molecule has 80 valence electrons. The minimum absolute atomic E-state index is 0.754. The predicted molar refractivity (Wildman–Crippen MR) is 66.9 cm³/mol. The van der Waals surface area contributed by atoms with E-state index in [1.165, 1.54) is 0 Å². The molecule has 0 N–H and O–H groups in total. The van der Waals surface area contributed by atoms with E-state index in [-0.39, 0.29) is 0 Å². The summed E-state index contributed by atoms with van der Waals surface area (Å²) in [6.45, 7) is 2.04. The van der Waals surface area contributed by atoms with Gasteiger partial charge in [0.25, 0.3) is 0 Å². The Labute approximate surface area is 102 Å². The Morgan fingerprint density at radius 1 is 1.40 bits per heavy atom. The van der Waals surface area contributed by atoms with E-state index in [0.717, 1.165) is 31.8 Å². The van der Waals surface area contributed by atoms with Gasteiger partial charge in [-0.15, -0.1) is 0 Å². The summed E-state index contributed by atoms with van der Waals surface area (Å²) < 4.78 is 8.40. The Bertz CT molecular complexity index is 533. The van der Waals surface area contributed by atoms with Crippen LogP contribution in [0.2, 0.25) is 5.02 Å². The monoisotopic (exact) mass is 287 g/mol. The molecule has 0 bridgehead atoms. The van der Waals surface area contributed by atoms with Crippen LogP contribution in [0.25, 0.3) is 10.9 Å². The van der Waals surface area contributed by atoms with E-state index in [1.54, 1.807) is 7.11 Å². The highest BCUT2D eigenvalue weighted by Crippen LogP contribution is 2.38. The molecule has 1 aromatic heterocycles. The van der Waals surface area contributed by atoms with Crippen molar-refractivity contribution in [2.24, 2.45) is 7.05 Å². The first-order valence-electron chi connectivity index (χ1n) is 4.55. The van der Waals surface area contributed by atoms with Gasteiger partial charge in [0.05, 0.1) is 22.3 Å². The Kier molecular flexibility index (Phi) is 2.69. The molecule has 0 saturated carbocycles. The smallest absolute Gasteiger partial charge is 0.143 e. The van der Waals surface area contributed by atoms with Crippen molar-refractivity contribution in [3.05, 3.63) is 27.3 Å². The highest BCUT2D eigenvalue weighted by molar-refractivity contribution is 9.10. The summed E-state index contributed by atoms with van der Waals surface area (Å²) in [5, 5.41) is 1.80. The topological polar surface area (TPSA) is 14.2 Å². The number of halogens is 2. The van der Waals surface area contributed by atoms with Crippen molar-refractivity contribution < 1.29 is 4.74 Å². The van der Waals surface area contributed by atoms with E-state index < -0.39 is 0 Å². The Morgan fingerprint density at radius 2 is 2.07 bits per heavy atom. The molecule has 2 rings (SSSR count). The van der Waals surface area contributed by atoms with Crippen molar-refractivity contribution >= 4 is 38.4 Å². The fourth-order valence-corrected chi connectivity index (χ4v) is 2.52. The average molecular weight is 289 g/mol. The lowest BCUT2D eigenvalue weighted by atomic mass is 10.2. The molecule has 2 aromatic rings. The van der Waals surface area contributed by atoms with Gasteiger partial charge < -0.3 is 9.30 Å². The second-order valence-electron chi connectivity index (χ2n) is 3.45. The molecule has 0 aliphatic carbocycles. The van der Waals surface area contributed by atoms with Gasteiger partial charge in [0.2, 0.25) is 0 Å². The molecule has 0 atom stereocenters. The second kappa shape index (κ2) is 3.72. The van der Waals surface area contributed by atoms with Gasteiger partial charge >= 0.3 is 0 Å². The van der Waals surface area contributed by atoms with Crippen molar-refractivity contribution in [3.63, 3.8) is 0 Å². The molecule has 0 radical (unpaired) electrons. The number of aryl methyl sites for hydroxylation is 2. The number of benzene rings is 1. The number of aromatic nitrogens is 1. The number of nitrogens with zero attached hydrogens (tertiary/aromatic N) is 1. The summed E-state index contributed by atoms with van der Waals surface area (Å²) >= 11 is 9.73. The highest BCUT2D eigenvalue weighted by Gasteiger charge is 2.15. The van der Waals surface area contributed by atoms with E-state index in [1.807, 2.05) is 30.7 Å². The largest absolute Gasteiger partial charge is 0.495 e. The number of ether oxygens (including phenoxy) is 1. The summed E-state index contributed by atoms with van der Waals surface area (Å²) in [5.41, 5.74) is 2.16. The van der Waals surface area contributed by atoms with Crippen LogP contribution in [0.1, 0.15) is 5.56 Å². The zero-order valence-corrected chi connectivity index (χ0v) is 11.1. The van der Waals surface area contributed by atoms with Crippen LogP contribution >= 0.6 is 27.5 Å². The van der Waals surface area contributed by atoms with E-state index in [4.69, 9.17) is 16.3 Å². The molecule has 4 heteroatoms. The number of rotatable bonds is 1. The maximum Gasteiger partial charge on any atom is 0.143 e. The number of hydrogen-bond donors (Lipinski definition) is 0. The summed E-state index contributed by atoms with van der Waals surface area (Å²) in [7, 11) is 3.65. The maximum absolute atomic E-state index is 6.19. The summed E-state index contributed by atoms with van der Waals surface area (Å²) in [6.07, 6.45) is 0. The predicted octanol–water partition coefficient (Wildman–Crippen LogP) is 3.91. The van der Waals surface area contributed by atoms with Gasteiger partial charge in [0, 0.05) is 12.4 Å². The quantitative estimate of drug-likeness (QED) is 0.776. The van der Waals surface area contributed by atoms with Gasteiger partial charge in [-0.05, 0) is 40.5 Å². The van der Waals surface area contributed by atoms with Crippen LogP contribution in [0.3, 0.4) is 0 Å². The molecule has 2 nitrogen and oxygen atoms in total. The van der Waals surface area contributed by atoms with Gasteiger partial charge in [-0.3, -0.25) is 0 Å². The first-order valence-corrected chi connectivity index (χ1v) is 5.72. The first kappa shape index (κ1) is 10.8. The summed E-state index contributed by atoms with van der Waals surface area (Å²) in [4.78, 5) is 0. The lowest BCUT2D eigenvalue weighted by Gasteiger charge is -2.05. The van der Waals surface area contributed by atoms with Gasteiger partial charge in [-0.25, -0.2) is 0 Å². The minimum atomic E-state index is 0.754. The average Bonchev–Trinajstić information content (AvgIpc) is 2.46. The SMILES string of the molecule is COc1ccc(Cl)c2c(C)c(Br)n(C)c12. The normalized spacial score (nSPS) is 11.0. The molecular formula is C11H11BrClNO. The van der Waals surface area contributed by atoms with Crippen molar-refractivity contribution in [1.82, 2.24) is 4.57 Å². The molecular weight excluding hydrogens is 277 g/mol. The molecule has 1 heterocycles. The van der Waals surface area contributed by atoms with Gasteiger partial charge in [0.15, 0.2) is 0 Å². The third kappa shape index (κ3) is 1.45. The van der Waals surface area contributed by atoms with Crippen LogP contribution in [0.4, 0.5) is 0 Å².